The van der Waals surface area contributed by atoms with E-state index in [-0.39, 0.29) is 5.95 Å². The zero-order valence-electron chi connectivity index (χ0n) is 9.19. The first-order chi connectivity index (χ1) is 7.71. The van der Waals surface area contributed by atoms with Gasteiger partial charge in [-0.2, -0.15) is 18.2 Å². The van der Waals surface area contributed by atoms with Gasteiger partial charge in [0, 0.05) is 6.20 Å². The minimum Gasteiger partial charge on any atom is -0.471 e. The molecule has 0 spiro atoms. The van der Waals surface area contributed by atoms with E-state index < -0.39 is 29.8 Å². The summed E-state index contributed by atoms with van der Waals surface area (Å²) in [5.74, 6) is -1.01. The molecule has 96 valence electrons. The van der Waals surface area contributed by atoms with E-state index in [1.54, 1.807) is 0 Å². The predicted octanol–water partition coefficient (Wildman–Crippen LogP) is 1.23. The summed E-state index contributed by atoms with van der Waals surface area (Å²) in [7, 11) is 0. The maximum absolute atomic E-state index is 12.6. The van der Waals surface area contributed by atoms with E-state index in [0.717, 1.165) is 0 Å². The van der Waals surface area contributed by atoms with Gasteiger partial charge in [0.2, 0.25) is 11.8 Å². The minimum absolute atomic E-state index is 0.328. The molecule has 0 aromatic carbocycles. The molecule has 0 saturated carbocycles. The Kier molecular flexibility index (Phi) is 3.76. The fourth-order valence-electron chi connectivity index (χ4n) is 0.938. The summed E-state index contributed by atoms with van der Waals surface area (Å²) in [5.41, 5.74) is 4.06. The summed E-state index contributed by atoms with van der Waals surface area (Å²) in [6, 6.07) is 0. The monoisotopic (exact) mass is 251 g/mol. The van der Waals surface area contributed by atoms with Crippen LogP contribution >= 0.6 is 0 Å². The van der Waals surface area contributed by atoms with E-state index in [0.29, 0.717) is 6.20 Å². The lowest BCUT2D eigenvalue weighted by atomic mass is 10.2. The molecule has 1 heterocycles. The van der Waals surface area contributed by atoms with E-state index in [9.17, 15) is 13.2 Å². The first-order valence-corrected chi connectivity index (χ1v) is 4.76. The summed E-state index contributed by atoms with van der Waals surface area (Å²) >= 11 is 0. The first-order valence-electron chi connectivity index (χ1n) is 4.76. The van der Waals surface area contributed by atoms with Crippen LogP contribution in [0.4, 0.5) is 19.1 Å². The Morgan fingerprint density at radius 2 is 2.00 bits per heavy atom. The standard InChI is InChI=1S/C9H12F3N3O2/c1-4(16)5(2)17-7-6(9(10,11)12)3-14-8(13)15-7/h3-5,16H,1-2H3,(H2,13,14,15)/t4-,5-/m1/s1. The summed E-state index contributed by atoms with van der Waals surface area (Å²) in [4.78, 5) is 6.64. The third-order valence-electron chi connectivity index (χ3n) is 2.05. The fourth-order valence-corrected chi connectivity index (χ4v) is 0.938. The lowest BCUT2D eigenvalue weighted by Crippen LogP contribution is -2.27. The maximum atomic E-state index is 12.6. The highest BCUT2D eigenvalue weighted by atomic mass is 19.4. The summed E-state index contributed by atoms with van der Waals surface area (Å²) in [6.07, 6.45) is -5.87. The Morgan fingerprint density at radius 1 is 1.41 bits per heavy atom. The number of ether oxygens (including phenoxy) is 1. The number of aromatic nitrogens is 2. The largest absolute Gasteiger partial charge is 0.471 e. The van der Waals surface area contributed by atoms with Gasteiger partial charge >= 0.3 is 6.18 Å². The highest BCUT2D eigenvalue weighted by Gasteiger charge is 2.36. The van der Waals surface area contributed by atoms with Gasteiger partial charge in [-0.1, -0.05) is 0 Å². The van der Waals surface area contributed by atoms with Crippen molar-refractivity contribution in [3.8, 4) is 5.88 Å². The van der Waals surface area contributed by atoms with Gasteiger partial charge in [-0.3, -0.25) is 0 Å². The Morgan fingerprint density at radius 3 is 2.47 bits per heavy atom. The maximum Gasteiger partial charge on any atom is 0.423 e. The van der Waals surface area contributed by atoms with Gasteiger partial charge in [0.1, 0.15) is 11.7 Å². The van der Waals surface area contributed by atoms with Crippen LogP contribution in [0.5, 0.6) is 5.88 Å². The van der Waals surface area contributed by atoms with Crippen molar-refractivity contribution in [3.05, 3.63) is 11.8 Å². The Bertz CT molecular complexity index is 396. The smallest absolute Gasteiger partial charge is 0.423 e. The number of nitrogen functional groups attached to an aromatic ring is 1. The molecule has 0 aliphatic heterocycles. The van der Waals surface area contributed by atoms with Crippen molar-refractivity contribution in [2.45, 2.75) is 32.2 Å². The number of rotatable bonds is 3. The third kappa shape index (κ3) is 3.45. The summed E-state index contributed by atoms with van der Waals surface area (Å²) in [5, 5.41) is 9.16. The zero-order chi connectivity index (χ0) is 13.2. The van der Waals surface area contributed by atoms with Gasteiger partial charge in [0.15, 0.2) is 0 Å². The van der Waals surface area contributed by atoms with Gasteiger partial charge < -0.3 is 15.6 Å². The molecule has 0 radical (unpaired) electrons. The molecule has 0 saturated heterocycles. The van der Waals surface area contributed by atoms with Crippen molar-refractivity contribution < 1.29 is 23.0 Å². The lowest BCUT2D eigenvalue weighted by Gasteiger charge is -2.19. The third-order valence-corrected chi connectivity index (χ3v) is 2.05. The second kappa shape index (κ2) is 4.74. The van der Waals surface area contributed by atoms with Crippen molar-refractivity contribution in [2.75, 3.05) is 5.73 Å². The number of hydrogen-bond acceptors (Lipinski definition) is 5. The molecule has 8 heteroatoms. The van der Waals surface area contributed by atoms with E-state index in [4.69, 9.17) is 15.6 Å². The molecule has 0 fully saturated rings. The average molecular weight is 251 g/mol. The van der Waals surface area contributed by atoms with Crippen LogP contribution < -0.4 is 10.5 Å². The minimum atomic E-state index is -4.64. The number of hydrogen-bond donors (Lipinski definition) is 2. The normalized spacial score (nSPS) is 15.4. The lowest BCUT2D eigenvalue weighted by molar-refractivity contribution is -0.140. The summed E-state index contributed by atoms with van der Waals surface area (Å²) in [6.45, 7) is 2.81. The van der Waals surface area contributed by atoms with Crippen molar-refractivity contribution in [3.63, 3.8) is 0 Å². The number of nitrogens with zero attached hydrogens (tertiary/aromatic N) is 2. The SMILES string of the molecule is C[C@@H](O)[C@@H](C)Oc1nc(N)ncc1C(F)(F)F. The van der Waals surface area contributed by atoms with Crippen LogP contribution in [0.15, 0.2) is 6.20 Å². The second-order valence-electron chi connectivity index (χ2n) is 3.51. The van der Waals surface area contributed by atoms with E-state index in [1.165, 1.54) is 13.8 Å². The highest BCUT2D eigenvalue weighted by Crippen LogP contribution is 2.35. The molecule has 17 heavy (non-hydrogen) atoms. The number of nitrogens with two attached hydrogens (primary N) is 1. The van der Waals surface area contributed by atoms with Gasteiger partial charge in [0.05, 0.1) is 6.10 Å². The number of alkyl halides is 3. The van der Waals surface area contributed by atoms with E-state index in [2.05, 4.69) is 9.97 Å². The molecule has 3 N–H and O–H groups in total. The molecule has 1 rings (SSSR count). The number of halogens is 3. The second-order valence-corrected chi connectivity index (χ2v) is 3.51. The molecule has 0 bridgehead atoms. The van der Waals surface area contributed by atoms with Crippen LogP contribution in [0, 0.1) is 0 Å². The van der Waals surface area contributed by atoms with E-state index in [1.807, 2.05) is 0 Å². The predicted molar refractivity (Wildman–Crippen MR) is 53.2 cm³/mol. The van der Waals surface area contributed by atoms with Gasteiger partial charge in [-0.25, -0.2) is 4.98 Å². The van der Waals surface area contributed by atoms with E-state index >= 15 is 0 Å². The van der Waals surface area contributed by atoms with Crippen molar-refractivity contribution in [2.24, 2.45) is 0 Å². The molecular weight excluding hydrogens is 239 g/mol. The zero-order valence-corrected chi connectivity index (χ0v) is 9.19. The van der Waals surface area contributed by atoms with Crippen LogP contribution in [0.2, 0.25) is 0 Å². The summed E-state index contributed by atoms with van der Waals surface area (Å²) < 4.78 is 42.6. The molecule has 1 aromatic heterocycles. The Balaban J connectivity index is 3.08. The molecule has 0 aliphatic rings. The number of aliphatic hydroxyl groups is 1. The molecular formula is C9H12F3N3O2. The number of anilines is 1. The fraction of sp³-hybridized carbons (Fsp3) is 0.556. The molecule has 5 nitrogen and oxygen atoms in total. The van der Waals surface area contributed by atoms with Gasteiger partial charge in [-0.15, -0.1) is 0 Å². The average Bonchev–Trinajstić information content (AvgIpc) is 2.15. The van der Waals surface area contributed by atoms with Crippen LogP contribution in [0.1, 0.15) is 19.4 Å². The molecule has 0 aliphatic carbocycles. The van der Waals surface area contributed by atoms with Crippen LogP contribution in [0.25, 0.3) is 0 Å². The molecule has 0 unspecified atom stereocenters. The first kappa shape index (κ1) is 13.5. The molecule has 2 atom stereocenters. The van der Waals surface area contributed by atoms with Gasteiger partial charge in [-0.05, 0) is 13.8 Å². The number of aliphatic hydroxyl groups excluding tert-OH is 1. The quantitative estimate of drug-likeness (QED) is 0.844. The molecule has 1 aromatic rings. The van der Waals surface area contributed by atoms with Crippen molar-refractivity contribution in [1.82, 2.24) is 9.97 Å². The van der Waals surface area contributed by atoms with Crippen LogP contribution in [-0.4, -0.2) is 27.3 Å². The topological polar surface area (TPSA) is 81.3 Å². The van der Waals surface area contributed by atoms with Crippen molar-refractivity contribution >= 4 is 5.95 Å². The molecule has 0 amide bonds. The Hall–Kier alpha value is -1.57. The van der Waals surface area contributed by atoms with Crippen molar-refractivity contribution in [1.29, 1.82) is 0 Å². The van der Waals surface area contributed by atoms with Crippen LogP contribution in [-0.2, 0) is 6.18 Å². The highest BCUT2D eigenvalue weighted by molar-refractivity contribution is 5.32. The van der Waals surface area contributed by atoms with Crippen LogP contribution in [0.3, 0.4) is 0 Å². The van der Waals surface area contributed by atoms with Gasteiger partial charge in [0.25, 0.3) is 0 Å². The Labute approximate surface area is 95.4 Å².